The number of fused-ring (bicyclic) bond motifs is 1. The van der Waals surface area contributed by atoms with Crippen molar-refractivity contribution in [3.8, 4) is 0 Å². The standard InChI is InChI=1S/C24H24N4O5/c29-21-8-7-19(22(30)27-21)28-23(31)17-6-1-14(11-18(17)24(28)32)12-26-16-4-2-15(3-5-16)20-13-25-9-10-33-20/h1-6,11,19-20,25-26H,7-10,12-13H2,(H,27,29,30). The zero-order chi connectivity index (χ0) is 22.9. The van der Waals surface area contributed by atoms with Crippen molar-refractivity contribution in [2.24, 2.45) is 0 Å². The Morgan fingerprint density at radius 2 is 1.79 bits per heavy atom. The molecule has 2 aromatic rings. The zero-order valence-corrected chi connectivity index (χ0v) is 17.9. The van der Waals surface area contributed by atoms with Gasteiger partial charge in [0.05, 0.1) is 23.8 Å². The first kappa shape index (κ1) is 21.3. The summed E-state index contributed by atoms with van der Waals surface area (Å²) in [6.07, 6.45) is 0.296. The van der Waals surface area contributed by atoms with Crippen molar-refractivity contribution in [1.29, 1.82) is 0 Å². The molecule has 0 aliphatic carbocycles. The summed E-state index contributed by atoms with van der Waals surface area (Å²) in [4.78, 5) is 50.3. The quantitative estimate of drug-likeness (QED) is 0.592. The lowest BCUT2D eigenvalue weighted by Gasteiger charge is -2.27. The maximum absolute atomic E-state index is 13.0. The van der Waals surface area contributed by atoms with Crippen molar-refractivity contribution in [2.45, 2.75) is 31.5 Å². The van der Waals surface area contributed by atoms with E-state index in [1.807, 2.05) is 24.3 Å². The molecule has 0 aromatic heterocycles. The van der Waals surface area contributed by atoms with E-state index in [-0.39, 0.29) is 30.1 Å². The van der Waals surface area contributed by atoms with Crippen LogP contribution < -0.4 is 16.0 Å². The SMILES string of the molecule is O=C1CCC(N2C(=O)c3ccc(CNc4ccc(C5CNCCO5)cc4)cc3C2=O)C(=O)N1. The molecule has 2 fully saturated rings. The second-order valence-corrected chi connectivity index (χ2v) is 8.37. The summed E-state index contributed by atoms with van der Waals surface area (Å²) in [6, 6.07) is 12.2. The number of ether oxygens (including phenoxy) is 1. The van der Waals surface area contributed by atoms with E-state index in [0.29, 0.717) is 13.2 Å². The van der Waals surface area contributed by atoms with Gasteiger partial charge < -0.3 is 15.4 Å². The minimum Gasteiger partial charge on any atom is -0.381 e. The number of nitrogens with zero attached hydrogens (tertiary/aromatic N) is 1. The van der Waals surface area contributed by atoms with Crippen LogP contribution in [0.2, 0.25) is 0 Å². The van der Waals surface area contributed by atoms with Gasteiger partial charge in [0.25, 0.3) is 11.8 Å². The van der Waals surface area contributed by atoms with Gasteiger partial charge in [0, 0.05) is 31.7 Å². The minimum atomic E-state index is -0.960. The highest BCUT2D eigenvalue weighted by molar-refractivity contribution is 6.23. The molecule has 2 unspecified atom stereocenters. The van der Waals surface area contributed by atoms with Crippen LogP contribution >= 0.6 is 0 Å². The van der Waals surface area contributed by atoms with Gasteiger partial charge >= 0.3 is 0 Å². The number of amides is 4. The van der Waals surface area contributed by atoms with Crippen LogP contribution in [0.5, 0.6) is 0 Å². The lowest BCUT2D eigenvalue weighted by molar-refractivity contribution is -0.136. The zero-order valence-electron chi connectivity index (χ0n) is 17.9. The summed E-state index contributed by atoms with van der Waals surface area (Å²) in [6.45, 7) is 2.83. The maximum atomic E-state index is 13.0. The summed E-state index contributed by atoms with van der Waals surface area (Å²) in [5.74, 6) is -2.01. The van der Waals surface area contributed by atoms with Crippen LogP contribution in [0.4, 0.5) is 5.69 Å². The molecule has 2 aromatic carbocycles. The first-order chi connectivity index (χ1) is 16.0. The summed E-state index contributed by atoms with van der Waals surface area (Å²) in [5, 5.41) is 8.85. The summed E-state index contributed by atoms with van der Waals surface area (Å²) < 4.78 is 5.77. The molecule has 0 spiro atoms. The van der Waals surface area contributed by atoms with Gasteiger partial charge in [0.1, 0.15) is 6.04 Å². The van der Waals surface area contributed by atoms with Gasteiger partial charge in [0.2, 0.25) is 11.8 Å². The van der Waals surface area contributed by atoms with E-state index in [0.717, 1.165) is 34.8 Å². The van der Waals surface area contributed by atoms with Crippen LogP contribution in [0.15, 0.2) is 42.5 Å². The molecular weight excluding hydrogens is 424 g/mol. The Balaban J connectivity index is 1.26. The predicted molar refractivity (Wildman–Crippen MR) is 118 cm³/mol. The molecule has 3 aliphatic rings. The molecule has 0 saturated carbocycles. The molecule has 0 radical (unpaired) electrons. The Morgan fingerprint density at radius 3 is 2.52 bits per heavy atom. The first-order valence-corrected chi connectivity index (χ1v) is 11.0. The van der Waals surface area contributed by atoms with Crippen LogP contribution in [0.3, 0.4) is 0 Å². The van der Waals surface area contributed by atoms with Crippen molar-refractivity contribution in [3.63, 3.8) is 0 Å². The highest BCUT2D eigenvalue weighted by Crippen LogP contribution is 2.28. The Morgan fingerprint density at radius 1 is 1.00 bits per heavy atom. The molecule has 5 rings (SSSR count). The fourth-order valence-electron chi connectivity index (χ4n) is 4.43. The van der Waals surface area contributed by atoms with Gasteiger partial charge in [-0.1, -0.05) is 18.2 Å². The molecule has 0 bridgehead atoms. The average molecular weight is 448 g/mol. The van der Waals surface area contributed by atoms with E-state index in [4.69, 9.17) is 4.74 Å². The third kappa shape index (κ3) is 4.12. The molecule has 170 valence electrons. The molecule has 9 heteroatoms. The van der Waals surface area contributed by atoms with Crippen molar-refractivity contribution < 1.29 is 23.9 Å². The third-order valence-corrected chi connectivity index (χ3v) is 6.21. The molecule has 3 aliphatic heterocycles. The number of rotatable bonds is 5. The molecule has 3 N–H and O–H groups in total. The van der Waals surface area contributed by atoms with E-state index in [2.05, 4.69) is 16.0 Å². The number of hydrogen-bond acceptors (Lipinski definition) is 7. The second kappa shape index (κ2) is 8.76. The molecule has 2 atom stereocenters. The highest BCUT2D eigenvalue weighted by atomic mass is 16.5. The third-order valence-electron chi connectivity index (χ3n) is 6.21. The lowest BCUT2D eigenvalue weighted by Crippen LogP contribution is -2.54. The number of benzene rings is 2. The summed E-state index contributed by atoms with van der Waals surface area (Å²) in [5.41, 5.74) is 3.43. The van der Waals surface area contributed by atoms with Gasteiger partial charge in [-0.3, -0.25) is 29.4 Å². The normalized spacial score (nSPS) is 22.8. The number of morpholine rings is 1. The fourth-order valence-corrected chi connectivity index (χ4v) is 4.43. The topological polar surface area (TPSA) is 117 Å². The fraction of sp³-hybridized carbons (Fsp3) is 0.333. The molecule has 9 nitrogen and oxygen atoms in total. The second-order valence-electron chi connectivity index (χ2n) is 8.37. The maximum Gasteiger partial charge on any atom is 0.262 e. The smallest absolute Gasteiger partial charge is 0.262 e. The lowest BCUT2D eigenvalue weighted by atomic mass is 10.0. The van der Waals surface area contributed by atoms with Gasteiger partial charge in [-0.25, -0.2) is 0 Å². The number of piperidine rings is 1. The number of carbonyl (C=O) groups is 4. The van der Waals surface area contributed by atoms with Gasteiger partial charge in [-0.15, -0.1) is 0 Å². The summed E-state index contributed by atoms with van der Waals surface area (Å²) in [7, 11) is 0. The van der Waals surface area contributed by atoms with Crippen molar-refractivity contribution in [3.05, 3.63) is 64.7 Å². The van der Waals surface area contributed by atoms with Crippen LogP contribution in [0.1, 0.15) is 50.8 Å². The Bertz CT molecular complexity index is 1120. The van der Waals surface area contributed by atoms with E-state index >= 15 is 0 Å². The Kier molecular flexibility index (Phi) is 5.65. The Hall–Kier alpha value is -3.56. The van der Waals surface area contributed by atoms with Crippen molar-refractivity contribution >= 4 is 29.3 Å². The van der Waals surface area contributed by atoms with Gasteiger partial charge in [0.15, 0.2) is 0 Å². The minimum absolute atomic E-state index is 0.0559. The summed E-state index contributed by atoms with van der Waals surface area (Å²) >= 11 is 0. The average Bonchev–Trinajstić information content (AvgIpc) is 3.08. The molecular formula is C24H24N4O5. The van der Waals surface area contributed by atoms with Crippen molar-refractivity contribution in [1.82, 2.24) is 15.5 Å². The molecule has 33 heavy (non-hydrogen) atoms. The van der Waals surface area contributed by atoms with Crippen LogP contribution in [-0.2, 0) is 20.9 Å². The monoisotopic (exact) mass is 448 g/mol. The number of imide groups is 2. The van der Waals surface area contributed by atoms with Crippen LogP contribution in [0, 0.1) is 0 Å². The number of anilines is 1. The van der Waals surface area contributed by atoms with Gasteiger partial charge in [-0.05, 0) is 41.8 Å². The van der Waals surface area contributed by atoms with E-state index in [1.54, 1.807) is 18.2 Å². The predicted octanol–water partition coefficient (Wildman–Crippen LogP) is 1.36. The van der Waals surface area contributed by atoms with Crippen LogP contribution in [-0.4, -0.2) is 54.3 Å². The number of nitrogens with one attached hydrogen (secondary N) is 3. The van der Waals surface area contributed by atoms with Crippen molar-refractivity contribution in [2.75, 3.05) is 25.0 Å². The van der Waals surface area contributed by atoms with E-state index in [1.165, 1.54) is 0 Å². The highest BCUT2D eigenvalue weighted by Gasteiger charge is 2.44. The van der Waals surface area contributed by atoms with E-state index < -0.39 is 29.7 Å². The first-order valence-electron chi connectivity index (χ1n) is 11.0. The number of carbonyl (C=O) groups excluding carboxylic acids is 4. The Labute approximate surface area is 190 Å². The molecule has 4 amide bonds. The van der Waals surface area contributed by atoms with Gasteiger partial charge in [-0.2, -0.15) is 0 Å². The molecule has 2 saturated heterocycles. The number of hydrogen-bond donors (Lipinski definition) is 3. The van der Waals surface area contributed by atoms with Crippen LogP contribution in [0.25, 0.3) is 0 Å². The largest absolute Gasteiger partial charge is 0.381 e. The molecule has 3 heterocycles. The van der Waals surface area contributed by atoms with E-state index in [9.17, 15) is 19.2 Å².